The van der Waals surface area contributed by atoms with Crippen LogP contribution in [-0.4, -0.2) is 5.91 Å². The first-order valence-electron chi connectivity index (χ1n) is 4.05. The summed E-state index contributed by atoms with van der Waals surface area (Å²) in [5.74, 6) is -1.70. The molecule has 88 valence electrons. The quantitative estimate of drug-likeness (QED) is 0.789. The zero-order chi connectivity index (χ0) is 12.5. The van der Waals surface area contributed by atoms with Crippen molar-refractivity contribution in [3.8, 4) is 0 Å². The predicted molar refractivity (Wildman–Crippen MR) is 53.4 cm³/mol. The molecule has 1 N–H and O–H groups in total. The van der Waals surface area contributed by atoms with Gasteiger partial charge in [-0.2, -0.15) is 13.2 Å². The molecule has 0 spiro atoms. The number of benzene rings is 1. The number of anilines is 1. The van der Waals surface area contributed by atoms with Crippen LogP contribution in [0.2, 0.25) is 0 Å². The maximum Gasteiger partial charge on any atom is 0.417 e. The maximum absolute atomic E-state index is 13.2. The van der Waals surface area contributed by atoms with Gasteiger partial charge >= 0.3 is 6.18 Å². The van der Waals surface area contributed by atoms with Crippen molar-refractivity contribution in [1.82, 2.24) is 0 Å². The van der Waals surface area contributed by atoms with Crippen molar-refractivity contribution >= 4 is 27.5 Å². The summed E-state index contributed by atoms with van der Waals surface area (Å²) in [5.41, 5.74) is -1.42. The molecule has 0 unspecified atom stereocenters. The van der Waals surface area contributed by atoms with E-state index in [1.807, 2.05) is 0 Å². The molecule has 0 heterocycles. The van der Waals surface area contributed by atoms with E-state index in [0.29, 0.717) is 6.07 Å². The Kier molecular flexibility index (Phi) is 3.57. The van der Waals surface area contributed by atoms with Crippen molar-refractivity contribution in [1.29, 1.82) is 0 Å². The number of nitrogens with one attached hydrogen (secondary N) is 1. The Hall–Kier alpha value is -1.11. The molecule has 0 aliphatic heterocycles. The minimum atomic E-state index is -4.64. The van der Waals surface area contributed by atoms with Gasteiger partial charge in [-0.25, -0.2) is 4.39 Å². The third kappa shape index (κ3) is 2.94. The Morgan fingerprint density at radius 2 is 1.94 bits per heavy atom. The van der Waals surface area contributed by atoms with Crippen LogP contribution in [0.5, 0.6) is 0 Å². The summed E-state index contributed by atoms with van der Waals surface area (Å²) in [4.78, 5) is 10.6. The van der Waals surface area contributed by atoms with E-state index in [1.165, 1.54) is 0 Å². The first-order valence-corrected chi connectivity index (χ1v) is 4.85. The number of halogens is 5. The normalized spacial score (nSPS) is 11.4. The second kappa shape index (κ2) is 4.40. The van der Waals surface area contributed by atoms with Crippen LogP contribution < -0.4 is 5.32 Å². The smallest absolute Gasteiger partial charge is 0.324 e. The summed E-state index contributed by atoms with van der Waals surface area (Å²) >= 11 is 2.67. The minimum absolute atomic E-state index is 0.299. The van der Waals surface area contributed by atoms with E-state index in [-0.39, 0.29) is 10.2 Å². The molecular formula is C9H6BrF4NO. The highest BCUT2D eigenvalue weighted by Crippen LogP contribution is 2.37. The SMILES string of the molecule is CC(=O)Nc1cc(Br)c(C(F)(F)F)cc1F. The summed E-state index contributed by atoms with van der Waals surface area (Å²) < 4.78 is 49.9. The molecule has 0 saturated heterocycles. The van der Waals surface area contributed by atoms with Gasteiger partial charge in [0.1, 0.15) is 5.82 Å². The molecular weight excluding hydrogens is 294 g/mol. The van der Waals surface area contributed by atoms with Gasteiger partial charge < -0.3 is 5.32 Å². The average molecular weight is 300 g/mol. The van der Waals surface area contributed by atoms with Gasteiger partial charge in [-0.3, -0.25) is 4.79 Å². The number of carbonyl (C=O) groups excluding carboxylic acids is 1. The lowest BCUT2D eigenvalue weighted by molar-refractivity contribution is -0.138. The van der Waals surface area contributed by atoms with Crippen LogP contribution in [0.15, 0.2) is 16.6 Å². The van der Waals surface area contributed by atoms with Gasteiger partial charge in [-0.05, 0) is 12.1 Å². The lowest BCUT2D eigenvalue weighted by atomic mass is 10.2. The summed E-state index contributed by atoms with van der Waals surface area (Å²) in [6.07, 6.45) is -4.64. The molecule has 0 aliphatic carbocycles. The van der Waals surface area contributed by atoms with E-state index in [1.54, 1.807) is 0 Å². The molecule has 0 atom stereocenters. The van der Waals surface area contributed by atoms with E-state index >= 15 is 0 Å². The van der Waals surface area contributed by atoms with Gasteiger partial charge in [-0.15, -0.1) is 0 Å². The summed E-state index contributed by atoms with van der Waals surface area (Å²) in [6.45, 7) is 1.13. The molecule has 0 radical (unpaired) electrons. The number of alkyl halides is 3. The summed E-state index contributed by atoms with van der Waals surface area (Å²) in [5, 5.41) is 2.08. The molecule has 1 amide bonds. The number of hydrogen-bond donors (Lipinski definition) is 1. The van der Waals surface area contributed by atoms with Crippen molar-refractivity contribution in [2.75, 3.05) is 5.32 Å². The fourth-order valence-electron chi connectivity index (χ4n) is 1.05. The van der Waals surface area contributed by atoms with E-state index in [2.05, 4.69) is 21.2 Å². The molecule has 1 aromatic carbocycles. The zero-order valence-electron chi connectivity index (χ0n) is 7.95. The van der Waals surface area contributed by atoms with Crippen LogP contribution >= 0.6 is 15.9 Å². The second-order valence-corrected chi connectivity index (χ2v) is 3.85. The van der Waals surface area contributed by atoms with Crippen LogP contribution in [0.3, 0.4) is 0 Å². The first-order chi connectivity index (χ1) is 7.21. The van der Waals surface area contributed by atoms with Crippen molar-refractivity contribution in [2.45, 2.75) is 13.1 Å². The van der Waals surface area contributed by atoms with Crippen molar-refractivity contribution in [2.24, 2.45) is 0 Å². The van der Waals surface area contributed by atoms with Crippen LogP contribution in [0.25, 0.3) is 0 Å². The number of rotatable bonds is 1. The molecule has 1 aromatic rings. The highest BCUT2D eigenvalue weighted by atomic mass is 79.9. The molecule has 16 heavy (non-hydrogen) atoms. The highest BCUT2D eigenvalue weighted by molar-refractivity contribution is 9.10. The molecule has 0 aliphatic rings. The molecule has 7 heteroatoms. The lowest BCUT2D eigenvalue weighted by Crippen LogP contribution is -2.11. The van der Waals surface area contributed by atoms with Gasteiger partial charge in [0.25, 0.3) is 0 Å². The van der Waals surface area contributed by atoms with Gasteiger partial charge in [0.15, 0.2) is 0 Å². The van der Waals surface area contributed by atoms with Crippen molar-refractivity contribution < 1.29 is 22.4 Å². The fraction of sp³-hybridized carbons (Fsp3) is 0.222. The van der Waals surface area contributed by atoms with Gasteiger partial charge in [0, 0.05) is 11.4 Å². The highest BCUT2D eigenvalue weighted by Gasteiger charge is 2.34. The van der Waals surface area contributed by atoms with Crippen LogP contribution in [0, 0.1) is 5.82 Å². The zero-order valence-corrected chi connectivity index (χ0v) is 9.54. The van der Waals surface area contributed by atoms with E-state index in [0.717, 1.165) is 13.0 Å². The summed E-state index contributed by atoms with van der Waals surface area (Å²) in [7, 11) is 0. The average Bonchev–Trinajstić information content (AvgIpc) is 2.07. The number of hydrogen-bond acceptors (Lipinski definition) is 1. The van der Waals surface area contributed by atoms with Gasteiger partial charge in [0.05, 0.1) is 11.3 Å². The molecule has 1 rings (SSSR count). The van der Waals surface area contributed by atoms with Gasteiger partial charge in [0.2, 0.25) is 5.91 Å². The Morgan fingerprint density at radius 3 is 2.38 bits per heavy atom. The lowest BCUT2D eigenvalue weighted by Gasteiger charge is -2.11. The Balaban J connectivity index is 3.22. The maximum atomic E-state index is 13.2. The van der Waals surface area contributed by atoms with E-state index in [9.17, 15) is 22.4 Å². The van der Waals surface area contributed by atoms with Crippen LogP contribution in [0.1, 0.15) is 12.5 Å². The first kappa shape index (κ1) is 13.0. The summed E-state index contributed by atoms with van der Waals surface area (Å²) in [6, 6.07) is 1.20. The Bertz CT molecular complexity index is 430. The molecule has 2 nitrogen and oxygen atoms in total. The molecule has 0 saturated carbocycles. The number of amides is 1. The predicted octanol–water partition coefficient (Wildman–Crippen LogP) is 3.57. The fourth-order valence-corrected chi connectivity index (χ4v) is 1.62. The van der Waals surface area contributed by atoms with Crippen molar-refractivity contribution in [3.63, 3.8) is 0 Å². The van der Waals surface area contributed by atoms with E-state index in [4.69, 9.17) is 0 Å². The van der Waals surface area contributed by atoms with E-state index < -0.39 is 23.5 Å². The largest absolute Gasteiger partial charge is 0.417 e. The number of carbonyl (C=O) groups is 1. The minimum Gasteiger partial charge on any atom is -0.324 e. The Labute approximate surface area is 96.8 Å². The van der Waals surface area contributed by atoms with Crippen LogP contribution in [-0.2, 0) is 11.0 Å². The van der Waals surface area contributed by atoms with Gasteiger partial charge in [-0.1, -0.05) is 15.9 Å². The third-order valence-electron chi connectivity index (χ3n) is 1.67. The van der Waals surface area contributed by atoms with Crippen LogP contribution in [0.4, 0.5) is 23.2 Å². The monoisotopic (exact) mass is 299 g/mol. The molecule has 0 bridgehead atoms. The topological polar surface area (TPSA) is 29.1 Å². The Morgan fingerprint density at radius 1 is 1.38 bits per heavy atom. The van der Waals surface area contributed by atoms with Crippen molar-refractivity contribution in [3.05, 3.63) is 28.0 Å². The second-order valence-electron chi connectivity index (χ2n) is 2.99. The standard InChI is InChI=1S/C9H6BrF4NO/c1-4(16)15-8-3-6(10)5(2-7(8)11)9(12,13)14/h2-3H,1H3,(H,15,16). The molecule has 0 aromatic heterocycles. The third-order valence-corrected chi connectivity index (χ3v) is 2.33. The molecule has 0 fully saturated rings.